The van der Waals surface area contributed by atoms with E-state index in [1.165, 1.54) is 68.2 Å². The lowest BCUT2D eigenvalue weighted by molar-refractivity contribution is 0.581. The molecule has 0 aliphatic carbocycles. The third-order valence-corrected chi connectivity index (χ3v) is 3.87. The summed E-state index contributed by atoms with van der Waals surface area (Å²) >= 11 is 0. The average Bonchev–Trinajstić information content (AvgIpc) is 2.41. The van der Waals surface area contributed by atoms with E-state index in [1.54, 1.807) is 0 Å². The quantitative estimate of drug-likeness (QED) is 0.520. The number of hydrogen-bond acceptors (Lipinski definition) is 1. The Kier molecular flexibility index (Phi) is 8.36. The first-order valence-electron chi connectivity index (χ1n) is 8.05. The van der Waals surface area contributed by atoms with Gasteiger partial charge in [-0.1, -0.05) is 57.9 Å². The summed E-state index contributed by atoms with van der Waals surface area (Å²) in [5, 5.41) is 3.52. The Morgan fingerprint density at radius 1 is 0.789 bits per heavy atom. The molecule has 1 nitrogen and oxygen atoms in total. The second kappa shape index (κ2) is 9.89. The molecule has 0 spiro atoms. The van der Waals surface area contributed by atoms with Crippen LogP contribution in [0.2, 0.25) is 0 Å². The molecule has 0 amide bonds. The van der Waals surface area contributed by atoms with Crippen LogP contribution < -0.4 is 5.32 Å². The highest BCUT2D eigenvalue weighted by Gasteiger charge is 1.96. The molecule has 0 atom stereocenters. The van der Waals surface area contributed by atoms with Crippen molar-refractivity contribution in [2.75, 3.05) is 11.9 Å². The molecule has 0 aliphatic rings. The lowest BCUT2D eigenvalue weighted by Crippen LogP contribution is -2.01. The minimum absolute atomic E-state index is 1.11. The van der Waals surface area contributed by atoms with Crippen molar-refractivity contribution in [3.05, 3.63) is 29.3 Å². The Morgan fingerprint density at radius 2 is 1.42 bits per heavy atom. The van der Waals surface area contributed by atoms with E-state index < -0.39 is 0 Å². The van der Waals surface area contributed by atoms with Crippen LogP contribution >= 0.6 is 0 Å². The molecule has 19 heavy (non-hydrogen) atoms. The van der Waals surface area contributed by atoms with Crippen molar-refractivity contribution < 1.29 is 0 Å². The molecule has 0 aliphatic heterocycles. The van der Waals surface area contributed by atoms with Crippen LogP contribution in [-0.4, -0.2) is 6.54 Å². The van der Waals surface area contributed by atoms with E-state index in [0.29, 0.717) is 0 Å². The first-order valence-corrected chi connectivity index (χ1v) is 8.05. The molecule has 0 saturated heterocycles. The molecule has 1 rings (SSSR count). The summed E-state index contributed by atoms with van der Waals surface area (Å²) < 4.78 is 0. The second-order valence-corrected chi connectivity index (χ2v) is 5.70. The van der Waals surface area contributed by atoms with Crippen LogP contribution in [0.5, 0.6) is 0 Å². The number of nitrogens with one attached hydrogen (secondary N) is 1. The zero-order chi connectivity index (χ0) is 13.9. The number of anilines is 1. The van der Waals surface area contributed by atoms with Crippen molar-refractivity contribution >= 4 is 5.69 Å². The summed E-state index contributed by atoms with van der Waals surface area (Å²) in [7, 11) is 0. The van der Waals surface area contributed by atoms with Gasteiger partial charge in [0.1, 0.15) is 0 Å². The number of rotatable bonds is 10. The Balaban J connectivity index is 2.00. The first-order chi connectivity index (χ1) is 9.24. The predicted molar refractivity (Wildman–Crippen MR) is 87.0 cm³/mol. The lowest BCUT2D eigenvalue weighted by Gasteiger charge is -2.08. The molecule has 0 saturated carbocycles. The van der Waals surface area contributed by atoms with Gasteiger partial charge in [-0.3, -0.25) is 0 Å². The minimum Gasteiger partial charge on any atom is -0.385 e. The van der Waals surface area contributed by atoms with Gasteiger partial charge in [0.2, 0.25) is 0 Å². The fraction of sp³-hybridized carbons (Fsp3) is 0.667. The monoisotopic (exact) mass is 261 g/mol. The fourth-order valence-electron chi connectivity index (χ4n) is 2.34. The van der Waals surface area contributed by atoms with Gasteiger partial charge in [0.05, 0.1) is 0 Å². The van der Waals surface area contributed by atoms with Crippen molar-refractivity contribution in [1.29, 1.82) is 0 Å². The van der Waals surface area contributed by atoms with Crippen LogP contribution in [0.1, 0.15) is 69.4 Å². The zero-order valence-corrected chi connectivity index (χ0v) is 13.1. The van der Waals surface area contributed by atoms with E-state index in [9.17, 15) is 0 Å². The van der Waals surface area contributed by atoms with E-state index in [1.807, 2.05) is 0 Å². The number of hydrogen-bond donors (Lipinski definition) is 1. The topological polar surface area (TPSA) is 12.0 Å². The van der Waals surface area contributed by atoms with Gasteiger partial charge in [-0.25, -0.2) is 0 Å². The highest BCUT2D eigenvalue weighted by Crippen LogP contribution is 2.14. The van der Waals surface area contributed by atoms with Crippen LogP contribution in [0.25, 0.3) is 0 Å². The molecule has 0 bridgehead atoms. The maximum absolute atomic E-state index is 3.52. The second-order valence-electron chi connectivity index (χ2n) is 5.70. The first kappa shape index (κ1) is 16.1. The molecule has 0 radical (unpaired) electrons. The van der Waals surface area contributed by atoms with Crippen LogP contribution in [0, 0.1) is 13.8 Å². The van der Waals surface area contributed by atoms with Crippen LogP contribution in [0.3, 0.4) is 0 Å². The predicted octanol–water partition coefficient (Wildman–Crippen LogP) is 5.86. The summed E-state index contributed by atoms with van der Waals surface area (Å²) in [5.41, 5.74) is 4.02. The maximum Gasteiger partial charge on any atom is 0.0342 e. The molecule has 0 fully saturated rings. The van der Waals surface area contributed by atoms with E-state index in [4.69, 9.17) is 0 Å². The standard InChI is InChI=1S/C18H31N/c1-4-5-6-7-8-9-10-11-14-19-18-13-12-16(2)17(3)15-18/h12-13,15,19H,4-11,14H2,1-3H3. The van der Waals surface area contributed by atoms with Gasteiger partial charge < -0.3 is 5.32 Å². The Bertz CT molecular complexity index is 344. The van der Waals surface area contributed by atoms with Gasteiger partial charge in [-0.15, -0.1) is 0 Å². The fourth-order valence-corrected chi connectivity index (χ4v) is 2.34. The molecule has 108 valence electrons. The molecular weight excluding hydrogens is 230 g/mol. The summed E-state index contributed by atoms with van der Waals surface area (Å²) in [5.74, 6) is 0. The van der Waals surface area contributed by atoms with Crippen LogP contribution in [0.4, 0.5) is 5.69 Å². The molecule has 0 heterocycles. The van der Waals surface area contributed by atoms with Crippen molar-refractivity contribution in [1.82, 2.24) is 0 Å². The van der Waals surface area contributed by atoms with Crippen molar-refractivity contribution in [3.63, 3.8) is 0 Å². The highest BCUT2D eigenvalue weighted by atomic mass is 14.9. The normalized spacial score (nSPS) is 10.7. The molecule has 0 unspecified atom stereocenters. The minimum atomic E-state index is 1.11. The van der Waals surface area contributed by atoms with Gasteiger partial charge >= 0.3 is 0 Å². The van der Waals surface area contributed by atoms with Gasteiger partial charge in [0, 0.05) is 12.2 Å². The van der Waals surface area contributed by atoms with Gasteiger partial charge in [0.25, 0.3) is 0 Å². The summed E-state index contributed by atoms with van der Waals surface area (Å²) in [6.45, 7) is 7.73. The van der Waals surface area contributed by atoms with Gasteiger partial charge in [0.15, 0.2) is 0 Å². The van der Waals surface area contributed by atoms with Crippen molar-refractivity contribution in [3.8, 4) is 0 Å². The summed E-state index contributed by atoms with van der Waals surface area (Å²) in [4.78, 5) is 0. The number of unbranched alkanes of at least 4 members (excludes halogenated alkanes) is 7. The summed E-state index contributed by atoms with van der Waals surface area (Å²) in [6.07, 6.45) is 11.1. The van der Waals surface area contributed by atoms with Gasteiger partial charge in [-0.2, -0.15) is 0 Å². The molecule has 0 aromatic heterocycles. The molecule has 1 aromatic rings. The number of benzene rings is 1. The van der Waals surface area contributed by atoms with Crippen molar-refractivity contribution in [2.24, 2.45) is 0 Å². The maximum atomic E-state index is 3.52. The Morgan fingerprint density at radius 3 is 2.05 bits per heavy atom. The van der Waals surface area contributed by atoms with E-state index >= 15 is 0 Å². The Hall–Kier alpha value is -0.980. The average molecular weight is 261 g/mol. The summed E-state index contributed by atoms with van der Waals surface area (Å²) in [6, 6.07) is 6.64. The lowest BCUT2D eigenvalue weighted by atomic mass is 10.1. The smallest absolute Gasteiger partial charge is 0.0342 e. The van der Waals surface area contributed by atoms with Gasteiger partial charge in [-0.05, 0) is 43.5 Å². The third-order valence-electron chi connectivity index (χ3n) is 3.87. The molecule has 1 heteroatoms. The molecule has 1 aromatic carbocycles. The zero-order valence-electron chi connectivity index (χ0n) is 13.1. The van der Waals surface area contributed by atoms with Crippen LogP contribution in [-0.2, 0) is 0 Å². The SMILES string of the molecule is CCCCCCCCCCNc1ccc(C)c(C)c1. The van der Waals surface area contributed by atoms with Crippen molar-refractivity contribution in [2.45, 2.75) is 72.1 Å². The van der Waals surface area contributed by atoms with E-state index in [-0.39, 0.29) is 0 Å². The highest BCUT2D eigenvalue weighted by molar-refractivity contribution is 5.47. The van der Waals surface area contributed by atoms with Crippen LogP contribution in [0.15, 0.2) is 18.2 Å². The van der Waals surface area contributed by atoms with E-state index in [2.05, 4.69) is 44.3 Å². The largest absolute Gasteiger partial charge is 0.385 e. The molecular formula is C18H31N. The third kappa shape index (κ3) is 7.25. The number of aryl methyl sites for hydroxylation is 2. The molecule has 1 N–H and O–H groups in total. The Labute approximate surface area is 119 Å². The van der Waals surface area contributed by atoms with E-state index in [0.717, 1.165) is 6.54 Å².